The van der Waals surface area contributed by atoms with Crippen LogP contribution in [-0.2, 0) is 6.42 Å². The highest BCUT2D eigenvalue weighted by Gasteiger charge is 2.09. The normalized spacial score (nSPS) is 10.3. The van der Waals surface area contributed by atoms with Crippen LogP contribution in [0, 0.1) is 6.92 Å². The molecule has 0 atom stereocenters. The summed E-state index contributed by atoms with van der Waals surface area (Å²) in [4.78, 5) is 4.67. The quantitative estimate of drug-likeness (QED) is 0.832. The molecule has 3 nitrogen and oxygen atoms in total. The van der Waals surface area contributed by atoms with E-state index >= 15 is 0 Å². The van der Waals surface area contributed by atoms with Crippen molar-refractivity contribution in [3.63, 3.8) is 0 Å². The Kier molecular flexibility index (Phi) is 4.93. The number of hydrogen-bond acceptors (Lipinski definition) is 3. The zero-order chi connectivity index (χ0) is 14.5. The van der Waals surface area contributed by atoms with Crippen LogP contribution in [0.4, 0.5) is 5.82 Å². The summed E-state index contributed by atoms with van der Waals surface area (Å²) in [7, 11) is 0. The van der Waals surface area contributed by atoms with Crippen molar-refractivity contribution in [2.24, 2.45) is 5.73 Å². The second-order valence-electron chi connectivity index (χ2n) is 4.52. The van der Waals surface area contributed by atoms with Crippen LogP contribution in [-0.4, -0.2) is 16.5 Å². The van der Waals surface area contributed by atoms with E-state index in [-0.39, 0.29) is 0 Å². The number of rotatable bonds is 5. The number of nitrogens with two attached hydrogens (primary N) is 1. The van der Waals surface area contributed by atoms with Crippen molar-refractivity contribution < 1.29 is 0 Å². The van der Waals surface area contributed by atoms with Gasteiger partial charge in [0.15, 0.2) is 0 Å². The molecule has 3 N–H and O–H groups in total. The van der Waals surface area contributed by atoms with Gasteiger partial charge in [-0.15, -0.1) is 0 Å². The van der Waals surface area contributed by atoms with Crippen LogP contribution in [0.15, 0.2) is 36.5 Å². The second kappa shape index (κ2) is 6.68. The Bertz CT molecular complexity index is 611. The lowest BCUT2D eigenvalue weighted by atomic mass is 10.1. The average molecular weight is 306 g/mol. The molecule has 104 valence electrons. The van der Waals surface area contributed by atoms with Gasteiger partial charge >= 0.3 is 0 Å². The van der Waals surface area contributed by atoms with Gasteiger partial charge in [0, 0.05) is 17.8 Å². The van der Waals surface area contributed by atoms with Crippen LogP contribution in [0.2, 0.25) is 5.02 Å². The topological polar surface area (TPSA) is 50.9 Å². The first-order chi connectivity index (χ1) is 9.58. The number of thiocarbonyl (C=S) groups is 1. The summed E-state index contributed by atoms with van der Waals surface area (Å²) in [6.45, 7) is 2.73. The molecule has 1 aromatic carbocycles. The molecule has 2 rings (SSSR count). The number of anilines is 1. The molecule has 0 fully saturated rings. The third-order valence-corrected chi connectivity index (χ3v) is 3.48. The SMILES string of the molecule is Cc1ccnc(NCCc2ccc(Cl)cc2)c1C(N)=S. The monoisotopic (exact) mass is 305 g/mol. The molecule has 0 radical (unpaired) electrons. The summed E-state index contributed by atoms with van der Waals surface area (Å²) in [6, 6.07) is 9.72. The molecule has 0 unspecified atom stereocenters. The van der Waals surface area contributed by atoms with E-state index in [1.165, 1.54) is 5.56 Å². The Morgan fingerprint density at radius 1 is 1.30 bits per heavy atom. The summed E-state index contributed by atoms with van der Waals surface area (Å²) in [5, 5.41) is 4.03. The van der Waals surface area contributed by atoms with E-state index in [2.05, 4.69) is 10.3 Å². The van der Waals surface area contributed by atoms with Gasteiger partial charge in [0.25, 0.3) is 0 Å². The third kappa shape index (κ3) is 3.68. The van der Waals surface area contributed by atoms with E-state index in [0.717, 1.165) is 34.9 Å². The molecule has 0 bridgehead atoms. The van der Waals surface area contributed by atoms with Gasteiger partial charge in [-0.3, -0.25) is 0 Å². The second-order valence-corrected chi connectivity index (χ2v) is 5.40. The van der Waals surface area contributed by atoms with Gasteiger partial charge in [-0.2, -0.15) is 0 Å². The van der Waals surface area contributed by atoms with Crippen molar-refractivity contribution in [2.75, 3.05) is 11.9 Å². The van der Waals surface area contributed by atoms with E-state index < -0.39 is 0 Å². The Balaban J connectivity index is 2.02. The Morgan fingerprint density at radius 2 is 2.00 bits per heavy atom. The smallest absolute Gasteiger partial charge is 0.136 e. The first kappa shape index (κ1) is 14.8. The van der Waals surface area contributed by atoms with Crippen LogP contribution < -0.4 is 11.1 Å². The molecule has 0 amide bonds. The van der Waals surface area contributed by atoms with Crippen LogP contribution in [0.1, 0.15) is 16.7 Å². The molecular formula is C15H16ClN3S. The molecular weight excluding hydrogens is 290 g/mol. The average Bonchev–Trinajstić information content (AvgIpc) is 2.40. The van der Waals surface area contributed by atoms with Crippen LogP contribution >= 0.6 is 23.8 Å². The van der Waals surface area contributed by atoms with Crippen molar-refractivity contribution in [1.29, 1.82) is 0 Å². The zero-order valence-corrected chi connectivity index (χ0v) is 12.8. The van der Waals surface area contributed by atoms with E-state index in [9.17, 15) is 0 Å². The van der Waals surface area contributed by atoms with Gasteiger partial charge in [0.05, 0.1) is 5.56 Å². The lowest BCUT2D eigenvalue weighted by molar-refractivity contribution is 1.00. The third-order valence-electron chi connectivity index (χ3n) is 3.03. The standard InChI is InChI=1S/C15H16ClN3S/c1-10-6-8-18-15(13(10)14(17)20)19-9-7-11-2-4-12(16)5-3-11/h2-6,8H,7,9H2,1H3,(H2,17,20)(H,18,19). The highest BCUT2D eigenvalue weighted by atomic mass is 35.5. The number of halogens is 1. The van der Waals surface area contributed by atoms with Crippen molar-refractivity contribution in [3.8, 4) is 0 Å². The zero-order valence-electron chi connectivity index (χ0n) is 11.2. The minimum absolute atomic E-state index is 0.365. The lowest BCUT2D eigenvalue weighted by Gasteiger charge is -2.12. The first-order valence-electron chi connectivity index (χ1n) is 6.31. The van der Waals surface area contributed by atoms with Crippen LogP contribution in [0.3, 0.4) is 0 Å². The Labute approximate surface area is 129 Å². The Morgan fingerprint density at radius 3 is 2.65 bits per heavy atom. The van der Waals surface area contributed by atoms with Gasteiger partial charge in [-0.1, -0.05) is 36.0 Å². The summed E-state index contributed by atoms with van der Waals surface area (Å²) in [5.74, 6) is 0.742. The predicted octanol–water partition coefficient (Wildman–Crippen LogP) is 3.33. The largest absolute Gasteiger partial charge is 0.389 e. The maximum atomic E-state index is 5.86. The maximum absolute atomic E-state index is 5.86. The Hall–Kier alpha value is -1.65. The molecule has 0 saturated heterocycles. The molecule has 0 aliphatic carbocycles. The molecule has 5 heteroatoms. The predicted molar refractivity (Wildman–Crippen MR) is 88.5 cm³/mol. The molecule has 2 aromatic rings. The highest BCUT2D eigenvalue weighted by molar-refractivity contribution is 7.80. The van der Waals surface area contributed by atoms with Crippen molar-refractivity contribution in [3.05, 3.63) is 58.2 Å². The van der Waals surface area contributed by atoms with E-state index in [1.807, 2.05) is 37.3 Å². The summed E-state index contributed by atoms with van der Waals surface area (Å²) >= 11 is 10.9. The van der Waals surface area contributed by atoms with E-state index in [1.54, 1.807) is 6.20 Å². The van der Waals surface area contributed by atoms with Gasteiger partial charge in [-0.05, 0) is 42.7 Å². The fraction of sp³-hybridized carbons (Fsp3) is 0.200. The summed E-state index contributed by atoms with van der Waals surface area (Å²) < 4.78 is 0. The van der Waals surface area contributed by atoms with E-state index in [4.69, 9.17) is 29.6 Å². The van der Waals surface area contributed by atoms with Crippen molar-refractivity contribution in [1.82, 2.24) is 4.98 Å². The molecule has 0 saturated carbocycles. The fourth-order valence-electron chi connectivity index (χ4n) is 1.98. The van der Waals surface area contributed by atoms with E-state index in [0.29, 0.717) is 4.99 Å². The first-order valence-corrected chi connectivity index (χ1v) is 7.10. The fourth-order valence-corrected chi connectivity index (χ4v) is 2.36. The number of aromatic nitrogens is 1. The molecule has 0 aliphatic heterocycles. The molecule has 20 heavy (non-hydrogen) atoms. The molecule has 0 spiro atoms. The van der Waals surface area contributed by atoms with Crippen LogP contribution in [0.5, 0.6) is 0 Å². The number of benzene rings is 1. The van der Waals surface area contributed by atoms with Gasteiger partial charge < -0.3 is 11.1 Å². The number of nitrogens with one attached hydrogen (secondary N) is 1. The number of nitrogens with zero attached hydrogens (tertiary/aromatic N) is 1. The van der Waals surface area contributed by atoms with Gasteiger partial charge in [0.2, 0.25) is 0 Å². The minimum atomic E-state index is 0.365. The molecule has 1 heterocycles. The lowest BCUT2D eigenvalue weighted by Crippen LogP contribution is -2.17. The van der Waals surface area contributed by atoms with Crippen molar-refractivity contribution in [2.45, 2.75) is 13.3 Å². The van der Waals surface area contributed by atoms with Crippen molar-refractivity contribution >= 4 is 34.6 Å². The number of hydrogen-bond donors (Lipinski definition) is 2. The summed E-state index contributed by atoms with van der Waals surface area (Å²) in [6.07, 6.45) is 2.63. The van der Waals surface area contributed by atoms with Crippen LogP contribution in [0.25, 0.3) is 0 Å². The maximum Gasteiger partial charge on any atom is 0.136 e. The summed E-state index contributed by atoms with van der Waals surface area (Å²) in [5.41, 5.74) is 8.81. The number of aryl methyl sites for hydroxylation is 1. The van der Waals surface area contributed by atoms with Gasteiger partial charge in [-0.25, -0.2) is 4.98 Å². The minimum Gasteiger partial charge on any atom is -0.389 e. The number of pyridine rings is 1. The van der Waals surface area contributed by atoms with Gasteiger partial charge in [0.1, 0.15) is 10.8 Å². The highest BCUT2D eigenvalue weighted by Crippen LogP contribution is 2.16. The molecule has 1 aromatic heterocycles. The molecule has 0 aliphatic rings.